The predicted molar refractivity (Wildman–Crippen MR) is 86.2 cm³/mol. The van der Waals surface area contributed by atoms with Gasteiger partial charge in [0.2, 0.25) is 12.0 Å². The highest BCUT2D eigenvalue weighted by atomic mass is 35.5. The maximum atomic E-state index is 11.3. The van der Waals surface area contributed by atoms with E-state index in [1.54, 1.807) is 18.2 Å². The summed E-state index contributed by atoms with van der Waals surface area (Å²) in [7, 11) is 0. The normalized spacial score (nSPS) is 24.0. The average molecular weight is 341 g/mol. The van der Waals surface area contributed by atoms with Crippen molar-refractivity contribution < 1.29 is 24.5 Å². The highest BCUT2D eigenvalue weighted by Gasteiger charge is 2.37. The molecule has 0 radical (unpaired) electrons. The topological polar surface area (TPSA) is 76.0 Å². The lowest BCUT2D eigenvalue weighted by Crippen LogP contribution is -2.36. The van der Waals surface area contributed by atoms with Crippen molar-refractivity contribution in [2.75, 3.05) is 13.2 Å². The Morgan fingerprint density at radius 2 is 2.04 bits per heavy atom. The van der Waals surface area contributed by atoms with Gasteiger partial charge in [0.05, 0.1) is 0 Å². The highest BCUT2D eigenvalue weighted by molar-refractivity contribution is 6.30. The number of carbonyl (C=O) groups is 1. The molecular weight excluding hydrogens is 320 g/mol. The van der Waals surface area contributed by atoms with Crippen LogP contribution in [0.1, 0.15) is 31.2 Å². The molecule has 2 rings (SSSR count). The van der Waals surface area contributed by atoms with Crippen LogP contribution in [0.2, 0.25) is 5.02 Å². The number of hydrogen-bond acceptors (Lipinski definition) is 4. The van der Waals surface area contributed by atoms with Crippen molar-refractivity contribution in [3.8, 4) is 0 Å². The molecule has 1 aliphatic rings. The standard InChI is InChI=1S/C17H21ClO5/c1-2-22-17-13(4-3-9-19)14(10-15(23-17)16(20)21)11-5-7-12(18)8-6-11/h5-8,10,13-14,17,19H,2-4,9H2,1H3,(H,20,21)/t13-,14-,17-/m1/s1. The van der Waals surface area contributed by atoms with E-state index in [4.69, 9.17) is 26.2 Å². The third-order valence-corrected chi connectivity index (χ3v) is 4.13. The van der Waals surface area contributed by atoms with Crippen LogP contribution in [0.5, 0.6) is 0 Å². The third kappa shape index (κ3) is 4.47. The minimum absolute atomic E-state index is 0.0676. The molecule has 0 aliphatic carbocycles. The molecule has 0 spiro atoms. The Hall–Kier alpha value is -1.56. The zero-order chi connectivity index (χ0) is 16.8. The minimum Gasteiger partial charge on any atom is -0.475 e. The summed E-state index contributed by atoms with van der Waals surface area (Å²) in [5.74, 6) is -1.47. The van der Waals surface area contributed by atoms with Gasteiger partial charge in [-0.05, 0) is 43.5 Å². The van der Waals surface area contributed by atoms with E-state index in [1.807, 2.05) is 19.1 Å². The van der Waals surface area contributed by atoms with E-state index in [-0.39, 0.29) is 24.2 Å². The number of benzene rings is 1. The summed E-state index contributed by atoms with van der Waals surface area (Å²) in [6.07, 6.45) is 2.22. The SMILES string of the molecule is CCO[C@@H]1OC(C(=O)O)=C[C@H](c2ccc(Cl)cc2)[C@H]1CCCO. The van der Waals surface area contributed by atoms with Crippen molar-refractivity contribution in [3.05, 3.63) is 46.7 Å². The summed E-state index contributed by atoms with van der Waals surface area (Å²) in [4.78, 5) is 11.3. The minimum atomic E-state index is -1.12. The molecule has 2 N–H and O–H groups in total. The monoisotopic (exact) mass is 340 g/mol. The molecule has 1 heterocycles. The molecule has 6 heteroatoms. The van der Waals surface area contributed by atoms with Crippen LogP contribution in [0, 0.1) is 5.92 Å². The van der Waals surface area contributed by atoms with E-state index < -0.39 is 12.3 Å². The van der Waals surface area contributed by atoms with Crippen LogP contribution in [0.4, 0.5) is 0 Å². The van der Waals surface area contributed by atoms with Crippen LogP contribution in [0.15, 0.2) is 36.1 Å². The number of rotatable bonds is 7. The predicted octanol–water partition coefficient (Wildman–Crippen LogP) is 3.17. The van der Waals surface area contributed by atoms with E-state index in [2.05, 4.69) is 0 Å². The van der Waals surface area contributed by atoms with E-state index in [0.29, 0.717) is 24.5 Å². The summed E-state index contributed by atoms with van der Waals surface area (Å²) in [6.45, 7) is 2.32. The van der Waals surface area contributed by atoms with Gasteiger partial charge in [0, 0.05) is 30.1 Å². The molecule has 0 unspecified atom stereocenters. The Labute approximate surface area is 140 Å². The van der Waals surface area contributed by atoms with Crippen LogP contribution >= 0.6 is 11.6 Å². The number of aliphatic hydroxyl groups is 1. The summed E-state index contributed by atoms with van der Waals surface area (Å²) in [5.41, 5.74) is 0.948. The fourth-order valence-corrected chi connectivity index (χ4v) is 2.95. The summed E-state index contributed by atoms with van der Waals surface area (Å²) >= 11 is 5.94. The van der Waals surface area contributed by atoms with Crippen molar-refractivity contribution in [1.82, 2.24) is 0 Å². The first-order valence-electron chi connectivity index (χ1n) is 7.66. The molecule has 0 saturated heterocycles. The molecule has 126 valence electrons. The van der Waals surface area contributed by atoms with Gasteiger partial charge in [-0.3, -0.25) is 0 Å². The number of carboxylic acid groups (broad SMARTS) is 1. The number of halogens is 1. The van der Waals surface area contributed by atoms with Crippen LogP contribution in [-0.4, -0.2) is 35.7 Å². The van der Waals surface area contributed by atoms with Crippen molar-refractivity contribution in [1.29, 1.82) is 0 Å². The van der Waals surface area contributed by atoms with Gasteiger partial charge in [-0.15, -0.1) is 0 Å². The first-order valence-corrected chi connectivity index (χ1v) is 8.04. The Balaban J connectivity index is 2.38. The number of aliphatic carboxylic acids is 1. The Morgan fingerprint density at radius 3 is 2.61 bits per heavy atom. The number of allylic oxidation sites excluding steroid dienone is 1. The van der Waals surface area contributed by atoms with Gasteiger partial charge in [0.25, 0.3) is 0 Å². The van der Waals surface area contributed by atoms with E-state index in [9.17, 15) is 9.90 Å². The second-order valence-corrected chi connectivity index (χ2v) is 5.82. The maximum Gasteiger partial charge on any atom is 0.370 e. The van der Waals surface area contributed by atoms with Crippen LogP contribution in [0.3, 0.4) is 0 Å². The van der Waals surface area contributed by atoms with Gasteiger partial charge in [-0.1, -0.05) is 23.7 Å². The Bertz CT molecular complexity index is 555. The van der Waals surface area contributed by atoms with Crippen molar-refractivity contribution in [2.24, 2.45) is 5.92 Å². The lowest BCUT2D eigenvalue weighted by Gasteiger charge is -2.36. The molecule has 0 aromatic heterocycles. The molecule has 0 saturated carbocycles. The van der Waals surface area contributed by atoms with Crippen LogP contribution in [-0.2, 0) is 14.3 Å². The average Bonchev–Trinajstić information content (AvgIpc) is 2.54. The van der Waals surface area contributed by atoms with Crippen LogP contribution < -0.4 is 0 Å². The fraction of sp³-hybridized carbons (Fsp3) is 0.471. The lowest BCUT2D eigenvalue weighted by atomic mass is 9.80. The van der Waals surface area contributed by atoms with E-state index in [1.165, 1.54) is 0 Å². The van der Waals surface area contributed by atoms with Crippen molar-refractivity contribution >= 4 is 17.6 Å². The van der Waals surface area contributed by atoms with Crippen molar-refractivity contribution in [2.45, 2.75) is 32.0 Å². The fourth-order valence-electron chi connectivity index (χ4n) is 2.82. The Kier molecular flexibility index (Phi) is 6.45. The molecule has 1 aromatic carbocycles. The van der Waals surface area contributed by atoms with Gasteiger partial charge < -0.3 is 19.7 Å². The van der Waals surface area contributed by atoms with Crippen molar-refractivity contribution in [3.63, 3.8) is 0 Å². The number of carboxylic acids is 1. The van der Waals surface area contributed by atoms with Gasteiger partial charge in [0.1, 0.15) is 0 Å². The van der Waals surface area contributed by atoms with E-state index in [0.717, 1.165) is 5.56 Å². The quantitative estimate of drug-likeness (QED) is 0.797. The molecule has 1 aromatic rings. The molecule has 5 nitrogen and oxygen atoms in total. The molecule has 1 aliphatic heterocycles. The van der Waals surface area contributed by atoms with Gasteiger partial charge in [-0.2, -0.15) is 0 Å². The second-order valence-electron chi connectivity index (χ2n) is 5.38. The molecule has 23 heavy (non-hydrogen) atoms. The summed E-state index contributed by atoms with van der Waals surface area (Å²) in [5, 5.41) is 19.0. The zero-order valence-corrected chi connectivity index (χ0v) is 13.7. The zero-order valence-electron chi connectivity index (χ0n) is 12.9. The van der Waals surface area contributed by atoms with Gasteiger partial charge in [-0.25, -0.2) is 4.79 Å². The Morgan fingerprint density at radius 1 is 1.35 bits per heavy atom. The first-order chi connectivity index (χ1) is 11.1. The molecule has 0 bridgehead atoms. The summed E-state index contributed by atoms with van der Waals surface area (Å²) < 4.78 is 11.1. The third-order valence-electron chi connectivity index (χ3n) is 3.88. The lowest BCUT2D eigenvalue weighted by molar-refractivity contribution is -0.173. The smallest absolute Gasteiger partial charge is 0.370 e. The first kappa shape index (κ1) is 17.8. The molecule has 0 amide bonds. The highest BCUT2D eigenvalue weighted by Crippen LogP contribution is 2.39. The van der Waals surface area contributed by atoms with E-state index >= 15 is 0 Å². The number of ether oxygens (including phenoxy) is 2. The number of hydrogen-bond donors (Lipinski definition) is 2. The second kappa shape index (κ2) is 8.34. The molecule has 0 fully saturated rings. The van der Waals surface area contributed by atoms with Crippen LogP contribution in [0.25, 0.3) is 0 Å². The van der Waals surface area contributed by atoms with Gasteiger partial charge >= 0.3 is 5.97 Å². The van der Waals surface area contributed by atoms with Gasteiger partial charge in [0.15, 0.2) is 0 Å². The largest absolute Gasteiger partial charge is 0.475 e. The summed E-state index contributed by atoms with van der Waals surface area (Å²) in [6, 6.07) is 7.31. The molecule has 3 atom stereocenters. The maximum absolute atomic E-state index is 11.3. The number of aliphatic hydroxyl groups excluding tert-OH is 1. The molecular formula is C17H21ClO5.